The highest BCUT2D eigenvalue weighted by Gasteiger charge is 2.12. The van der Waals surface area contributed by atoms with E-state index in [4.69, 9.17) is 0 Å². The largest absolute Gasteiger partial charge is 0.453 e. The molecule has 0 heterocycles. The fraction of sp³-hybridized carbons (Fsp3) is 0.300. The van der Waals surface area contributed by atoms with Gasteiger partial charge >= 0.3 is 6.09 Å². The number of nitrogens with zero attached hydrogens (tertiary/aromatic N) is 1. The van der Waals surface area contributed by atoms with Crippen molar-refractivity contribution in [3.05, 3.63) is 65.2 Å². The summed E-state index contributed by atoms with van der Waals surface area (Å²) in [4.78, 5) is 25.4. The Kier molecular flexibility index (Phi) is 6.57. The molecule has 0 atom stereocenters. The maximum Gasteiger partial charge on any atom is 0.411 e. The topological polar surface area (TPSA) is 58.6 Å². The number of amides is 2. The molecular formula is C20H24N2O3. The zero-order chi connectivity index (χ0) is 18.2. The first kappa shape index (κ1) is 18.5. The van der Waals surface area contributed by atoms with Crippen LogP contribution in [0.3, 0.4) is 0 Å². The van der Waals surface area contributed by atoms with Crippen molar-refractivity contribution in [3.8, 4) is 0 Å². The monoisotopic (exact) mass is 340 g/mol. The van der Waals surface area contributed by atoms with Gasteiger partial charge < -0.3 is 9.64 Å². The zero-order valence-corrected chi connectivity index (χ0v) is 14.9. The van der Waals surface area contributed by atoms with Crippen LogP contribution in [0.25, 0.3) is 0 Å². The average molecular weight is 340 g/mol. The Morgan fingerprint density at radius 2 is 1.68 bits per heavy atom. The Bertz CT molecular complexity index is 722. The highest BCUT2D eigenvalue weighted by atomic mass is 16.5. The molecule has 0 saturated heterocycles. The standard InChI is InChI=1S/C20H24N2O3/c1-4-22(5-2)19(23)17-11-9-15(10-12-17)13-16-7-6-8-18(14-16)21-20(24)25-3/h6-12,14H,4-5,13H2,1-3H3,(H,21,24). The van der Waals surface area contributed by atoms with Crippen LogP contribution in [0.15, 0.2) is 48.5 Å². The second-order valence-corrected chi connectivity index (χ2v) is 5.67. The smallest absolute Gasteiger partial charge is 0.411 e. The molecule has 0 spiro atoms. The Hall–Kier alpha value is -2.82. The molecule has 0 aliphatic carbocycles. The minimum Gasteiger partial charge on any atom is -0.453 e. The fourth-order valence-electron chi connectivity index (χ4n) is 2.62. The first-order chi connectivity index (χ1) is 12.1. The van der Waals surface area contributed by atoms with Crippen molar-refractivity contribution in [1.82, 2.24) is 4.90 Å². The summed E-state index contributed by atoms with van der Waals surface area (Å²) >= 11 is 0. The van der Waals surface area contributed by atoms with Gasteiger partial charge in [0.1, 0.15) is 0 Å². The van der Waals surface area contributed by atoms with E-state index in [-0.39, 0.29) is 5.91 Å². The summed E-state index contributed by atoms with van der Waals surface area (Å²) in [6, 6.07) is 15.3. The van der Waals surface area contributed by atoms with Gasteiger partial charge in [0, 0.05) is 24.3 Å². The number of rotatable bonds is 6. The van der Waals surface area contributed by atoms with E-state index < -0.39 is 6.09 Å². The van der Waals surface area contributed by atoms with Crippen molar-refractivity contribution in [1.29, 1.82) is 0 Å². The van der Waals surface area contributed by atoms with Crippen molar-refractivity contribution in [2.24, 2.45) is 0 Å². The van der Waals surface area contributed by atoms with E-state index >= 15 is 0 Å². The molecule has 0 aromatic heterocycles. The van der Waals surface area contributed by atoms with Gasteiger partial charge in [-0.3, -0.25) is 10.1 Å². The number of nitrogens with one attached hydrogen (secondary N) is 1. The second-order valence-electron chi connectivity index (χ2n) is 5.67. The van der Waals surface area contributed by atoms with Gasteiger partial charge in [-0.2, -0.15) is 0 Å². The van der Waals surface area contributed by atoms with Gasteiger partial charge in [-0.25, -0.2) is 4.79 Å². The van der Waals surface area contributed by atoms with Gasteiger partial charge in [0.15, 0.2) is 0 Å². The summed E-state index contributed by atoms with van der Waals surface area (Å²) in [6.07, 6.45) is 0.229. The van der Waals surface area contributed by atoms with Gasteiger partial charge in [-0.05, 0) is 55.7 Å². The third-order valence-corrected chi connectivity index (χ3v) is 4.02. The summed E-state index contributed by atoms with van der Waals surface area (Å²) in [5.74, 6) is 0.0563. The molecule has 0 aliphatic heterocycles. The average Bonchev–Trinajstić information content (AvgIpc) is 2.63. The van der Waals surface area contributed by atoms with Crippen LogP contribution in [0.5, 0.6) is 0 Å². The molecule has 0 bridgehead atoms. The van der Waals surface area contributed by atoms with E-state index in [0.29, 0.717) is 24.3 Å². The molecule has 132 valence electrons. The number of carbonyl (C=O) groups is 2. The number of carbonyl (C=O) groups excluding carboxylic acids is 2. The number of ether oxygens (including phenoxy) is 1. The third-order valence-electron chi connectivity index (χ3n) is 4.02. The molecule has 0 fully saturated rings. The molecule has 0 radical (unpaired) electrons. The predicted molar refractivity (Wildman–Crippen MR) is 99.0 cm³/mol. The van der Waals surface area contributed by atoms with E-state index in [1.807, 2.05) is 62.4 Å². The number of benzene rings is 2. The van der Waals surface area contributed by atoms with Crippen LogP contribution >= 0.6 is 0 Å². The van der Waals surface area contributed by atoms with Crippen LogP contribution in [0.4, 0.5) is 10.5 Å². The SMILES string of the molecule is CCN(CC)C(=O)c1ccc(Cc2cccc(NC(=O)OC)c2)cc1. The van der Waals surface area contributed by atoms with E-state index in [0.717, 1.165) is 17.5 Å². The van der Waals surface area contributed by atoms with Gasteiger partial charge in [0.25, 0.3) is 5.91 Å². The molecule has 0 saturated carbocycles. The zero-order valence-electron chi connectivity index (χ0n) is 14.9. The first-order valence-corrected chi connectivity index (χ1v) is 8.39. The summed E-state index contributed by atoms with van der Waals surface area (Å²) in [5, 5.41) is 2.66. The third kappa shape index (κ3) is 5.08. The highest BCUT2D eigenvalue weighted by Crippen LogP contribution is 2.16. The van der Waals surface area contributed by atoms with E-state index in [9.17, 15) is 9.59 Å². The predicted octanol–water partition coefficient (Wildman–Crippen LogP) is 3.94. The maximum atomic E-state index is 12.3. The van der Waals surface area contributed by atoms with Crippen LogP contribution in [0.2, 0.25) is 0 Å². The van der Waals surface area contributed by atoms with Crippen molar-refractivity contribution in [2.45, 2.75) is 20.3 Å². The number of hydrogen-bond acceptors (Lipinski definition) is 3. The van der Waals surface area contributed by atoms with Crippen molar-refractivity contribution in [3.63, 3.8) is 0 Å². The van der Waals surface area contributed by atoms with Gasteiger partial charge in [0.2, 0.25) is 0 Å². The lowest BCUT2D eigenvalue weighted by Crippen LogP contribution is -2.30. The minimum absolute atomic E-state index is 0.0563. The van der Waals surface area contributed by atoms with E-state index in [2.05, 4.69) is 10.1 Å². The number of anilines is 1. The van der Waals surface area contributed by atoms with Crippen molar-refractivity contribution >= 4 is 17.7 Å². The van der Waals surface area contributed by atoms with Gasteiger partial charge in [-0.1, -0.05) is 24.3 Å². The molecule has 0 unspecified atom stereocenters. The lowest BCUT2D eigenvalue weighted by atomic mass is 10.0. The van der Waals surface area contributed by atoms with Crippen LogP contribution in [0, 0.1) is 0 Å². The normalized spacial score (nSPS) is 10.2. The Balaban J connectivity index is 2.07. The molecular weight excluding hydrogens is 316 g/mol. The van der Waals surface area contributed by atoms with E-state index in [1.54, 1.807) is 4.90 Å². The minimum atomic E-state index is -0.489. The van der Waals surface area contributed by atoms with Gasteiger partial charge in [0.05, 0.1) is 7.11 Å². The molecule has 5 nitrogen and oxygen atoms in total. The molecule has 0 aliphatic rings. The molecule has 2 aromatic carbocycles. The first-order valence-electron chi connectivity index (χ1n) is 8.39. The molecule has 2 aromatic rings. The van der Waals surface area contributed by atoms with Crippen LogP contribution < -0.4 is 5.32 Å². The molecule has 1 N–H and O–H groups in total. The lowest BCUT2D eigenvalue weighted by Gasteiger charge is -2.18. The second kappa shape index (κ2) is 8.87. The van der Waals surface area contributed by atoms with Crippen LogP contribution in [0.1, 0.15) is 35.3 Å². The van der Waals surface area contributed by atoms with Crippen molar-refractivity contribution in [2.75, 3.05) is 25.5 Å². The summed E-state index contributed by atoms with van der Waals surface area (Å²) < 4.78 is 4.60. The maximum absolute atomic E-state index is 12.3. The van der Waals surface area contributed by atoms with Crippen LogP contribution in [-0.4, -0.2) is 37.1 Å². The Morgan fingerprint density at radius 1 is 1.00 bits per heavy atom. The molecule has 25 heavy (non-hydrogen) atoms. The molecule has 5 heteroatoms. The quantitative estimate of drug-likeness (QED) is 0.866. The van der Waals surface area contributed by atoms with E-state index in [1.165, 1.54) is 7.11 Å². The van der Waals surface area contributed by atoms with Crippen LogP contribution in [-0.2, 0) is 11.2 Å². The Labute approximate surface area is 148 Å². The lowest BCUT2D eigenvalue weighted by molar-refractivity contribution is 0.0773. The molecule has 2 amide bonds. The number of methoxy groups -OCH3 is 1. The summed E-state index contributed by atoms with van der Waals surface area (Å²) in [6.45, 7) is 5.37. The van der Waals surface area contributed by atoms with Crippen molar-refractivity contribution < 1.29 is 14.3 Å². The summed E-state index contributed by atoms with van der Waals surface area (Å²) in [7, 11) is 1.33. The highest BCUT2D eigenvalue weighted by molar-refractivity contribution is 5.94. The van der Waals surface area contributed by atoms with Gasteiger partial charge in [-0.15, -0.1) is 0 Å². The number of hydrogen-bond donors (Lipinski definition) is 1. The fourth-order valence-corrected chi connectivity index (χ4v) is 2.62. The molecule has 2 rings (SSSR count). The summed E-state index contributed by atoms with van der Waals surface area (Å²) in [5.41, 5.74) is 3.56. The Morgan fingerprint density at radius 3 is 2.28 bits per heavy atom.